The Morgan fingerprint density at radius 1 is 1.25 bits per heavy atom. The summed E-state index contributed by atoms with van der Waals surface area (Å²) in [6, 6.07) is 10.3. The van der Waals surface area contributed by atoms with Crippen molar-refractivity contribution in [3.05, 3.63) is 81.2 Å². The lowest BCUT2D eigenvalue weighted by Crippen LogP contribution is -2.24. The van der Waals surface area contributed by atoms with Crippen molar-refractivity contribution < 1.29 is 13.9 Å². The Kier molecular flexibility index (Phi) is 6.38. The van der Waals surface area contributed by atoms with E-state index in [2.05, 4.69) is 40.3 Å². The minimum absolute atomic E-state index is 0.0614. The Labute approximate surface area is 188 Å². The number of aromatic nitrogens is 4. The third-order valence-electron chi connectivity index (χ3n) is 4.94. The van der Waals surface area contributed by atoms with Gasteiger partial charge in [-0.25, -0.2) is 14.4 Å². The van der Waals surface area contributed by atoms with Crippen LogP contribution in [0.25, 0.3) is 17.2 Å². The molecule has 0 spiro atoms. The molecule has 32 heavy (non-hydrogen) atoms. The average molecular weight is 452 g/mol. The summed E-state index contributed by atoms with van der Waals surface area (Å²) in [7, 11) is 1.53. The third kappa shape index (κ3) is 4.44. The molecule has 1 amide bonds. The molecule has 9 heteroatoms. The Morgan fingerprint density at radius 2 is 2.06 bits per heavy atom. The van der Waals surface area contributed by atoms with E-state index in [9.17, 15) is 9.18 Å². The quantitative estimate of drug-likeness (QED) is 0.455. The number of ether oxygens (including phenoxy) is 1. The molecule has 0 atom stereocenters. The number of carbonyl (C=O) groups is 1. The fourth-order valence-electron chi connectivity index (χ4n) is 3.41. The number of halogens is 1. The van der Waals surface area contributed by atoms with Gasteiger partial charge in [0.1, 0.15) is 5.82 Å². The molecule has 0 aliphatic carbocycles. The summed E-state index contributed by atoms with van der Waals surface area (Å²) in [6.45, 7) is 4.30. The lowest BCUT2D eigenvalue weighted by molar-refractivity contribution is 0.0945. The second-order valence-corrected chi connectivity index (χ2v) is 8.65. The number of nitrogens with zero attached hydrogens (tertiary/aromatic N) is 4. The molecule has 0 unspecified atom stereocenters. The van der Waals surface area contributed by atoms with Gasteiger partial charge < -0.3 is 10.1 Å². The number of hydrogen-bond donors (Lipinski definition) is 1. The van der Waals surface area contributed by atoms with Crippen molar-refractivity contribution in [3.63, 3.8) is 0 Å². The Morgan fingerprint density at radius 3 is 2.78 bits per heavy atom. The van der Waals surface area contributed by atoms with Gasteiger partial charge in [-0.05, 0) is 32.0 Å². The molecule has 1 N–H and O–H groups in total. The first-order valence-corrected chi connectivity index (χ1v) is 10.8. The van der Waals surface area contributed by atoms with Crippen molar-refractivity contribution in [3.8, 4) is 17.2 Å². The number of aryl methyl sites for hydroxylation is 2. The summed E-state index contributed by atoms with van der Waals surface area (Å²) in [6.07, 6.45) is 3.11. The molecule has 3 heterocycles. The maximum absolute atomic E-state index is 13.9. The summed E-state index contributed by atoms with van der Waals surface area (Å²) < 4.78 is 20.7. The second kappa shape index (κ2) is 9.37. The van der Waals surface area contributed by atoms with Crippen LogP contribution in [0.5, 0.6) is 0 Å². The smallest absolute Gasteiger partial charge is 0.255 e. The van der Waals surface area contributed by atoms with E-state index in [0.29, 0.717) is 22.8 Å². The maximum Gasteiger partial charge on any atom is 0.255 e. The summed E-state index contributed by atoms with van der Waals surface area (Å²) in [5.41, 5.74) is 3.05. The van der Waals surface area contributed by atoms with Crippen molar-refractivity contribution in [2.24, 2.45) is 0 Å². The molecule has 7 nitrogen and oxygen atoms in total. The number of nitrogens with one attached hydrogen (secondary N) is 1. The molecule has 0 bridgehead atoms. The van der Waals surface area contributed by atoms with E-state index in [1.165, 1.54) is 28.9 Å². The van der Waals surface area contributed by atoms with Gasteiger partial charge in [-0.2, -0.15) is 9.78 Å². The van der Waals surface area contributed by atoms with Crippen LogP contribution in [0.4, 0.5) is 4.39 Å². The average Bonchev–Trinajstić information content (AvgIpc) is 3.36. The molecule has 3 aromatic heterocycles. The number of thiophene rings is 1. The first-order valence-electron chi connectivity index (χ1n) is 9.96. The number of carbonyl (C=O) groups excluding carboxylic acids is 1. The first-order chi connectivity index (χ1) is 15.5. The molecule has 0 aliphatic rings. The molecule has 164 valence electrons. The molecule has 1 aromatic carbocycles. The summed E-state index contributed by atoms with van der Waals surface area (Å²) in [5.74, 6) is -0.414. The zero-order valence-corrected chi connectivity index (χ0v) is 18.7. The molecule has 4 aromatic rings. The van der Waals surface area contributed by atoms with Crippen LogP contribution in [0, 0.1) is 19.7 Å². The van der Waals surface area contributed by atoms with E-state index in [0.717, 1.165) is 16.1 Å². The molecule has 0 radical (unpaired) electrons. The van der Waals surface area contributed by atoms with Gasteiger partial charge in [0.2, 0.25) is 0 Å². The van der Waals surface area contributed by atoms with Gasteiger partial charge in [0.05, 0.1) is 29.8 Å². The molecule has 0 fully saturated rings. The number of amides is 1. The van der Waals surface area contributed by atoms with Crippen molar-refractivity contribution in [1.82, 2.24) is 25.1 Å². The highest BCUT2D eigenvalue weighted by Crippen LogP contribution is 2.29. The Balaban J connectivity index is 1.63. The zero-order chi connectivity index (χ0) is 22.7. The van der Waals surface area contributed by atoms with Gasteiger partial charge in [0.15, 0.2) is 0 Å². The van der Waals surface area contributed by atoms with E-state index in [1.54, 1.807) is 35.7 Å². The van der Waals surface area contributed by atoms with Gasteiger partial charge in [-0.3, -0.25) is 4.79 Å². The minimum Gasteiger partial charge on any atom is -0.378 e. The third-order valence-corrected chi connectivity index (χ3v) is 5.91. The van der Waals surface area contributed by atoms with Gasteiger partial charge in [0.25, 0.3) is 11.9 Å². The molecule has 0 saturated carbocycles. The highest BCUT2D eigenvalue weighted by Gasteiger charge is 2.20. The van der Waals surface area contributed by atoms with Crippen molar-refractivity contribution in [2.75, 3.05) is 7.11 Å². The SMILES string of the molecule is COCc1c(C(=O)NCc2ccccc2F)cnn1-c1nccc(-c2cc(C)sc2C)n1. The summed E-state index contributed by atoms with van der Waals surface area (Å²) >= 11 is 1.71. The van der Waals surface area contributed by atoms with E-state index in [-0.39, 0.29) is 24.9 Å². The van der Waals surface area contributed by atoms with Crippen molar-refractivity contribution in [2.45, 2.75) is 27.0 Å². The molecule has 0 aliphatic heterocycles. The fraction of sp³-hybridized carbons (Fsp3) is 0.217. The van der Waals surface area contributed by atoms with Crippen LogP contribution in [0.2, 0.25) is 0 Å². The molecular formula is C23H22FN5O2S. The second-order valence-electron chi connectivity index (χ2n) is 7.19. The van der Waals surface area contributed by atoms with E-state index in [4.69, 9.17) is 4.74 Å². The van der Waals surface area contributed by atoms with Crippen LogP contribution in [0.1, 0.15) is 31.4 Å². The highest BCUT2D eigenvalue weighted by molar-refractivity contribution is 7.12. The zero-order valence-electron chi connectivity index (χ0n) is 17.9. The van der Waals surface area contributed by atoms with E-state index >= 15 is 0 Å². The lowest BCUT2D eigenvalue weighted by Gasteiger charge is -2.10. The van der Waals surface area contributed by atoms with Crippen molar-refractivity contribution >= 4 is 17.2 Å². The van der Waals surface area contributed by atoms with Gasteiger partial charge in [-0.15, -0.1) is 11.3 Å². The van der Waals surface area contributed by atoms with Gasteiger partial charge in [-0.1, -0.05) is 18.2 Å². The van der Waals surface area contributed by atoms with E-state index in [1.807, 2.05) is 6.07 Å². The highest BCUT2D eigenvalue weighted by atomic mass is 32.1. The van der Waals surface area contributed by atoms with Gasteiger partial charge in [0, 0.05) is 40.7 Å². The predicted molar refractivity (Wildman–Crippen MR) is 120 cm³/mol. The predicted octanol–water partition coefficient (Wildman–Crippen LogP) is 4.22. The van der Waals surface area contributed by atoms with Crippen LogP contribution in [-0.2, 0) is 17.9 Å². The minimum atomic E-state index is -0.382. The monoisotopic (exact) mass is 451 g/mol. The lowest BCUT2D eigenvalue weighted by atomic mass is 10.2. The summed E-state index contributed by atoms with van der Waals surface area (Å²) in [5, 5.41) is 7.08. The van der Waals surface area contributed by atoms with Crippen LogP contribution in [0.3, 0.4) is 0 Å². The maximum atomic E-state index is 13.9. The van der Waals surface area contributed by atoms with Crippen LogP contribution in [0.15, 0.2) is 48.8 Å². The largest absolute Gasteiger partial charge is 0.378 e. The molecule has 4 rings (SSSR count). The first kappa shape index (κ1) is 21.8. The number of rotatable bonds is 7. The van der Waals surface area contributed by atoms with Gasteiger partial charge >= 0.3 is 0 Å². The molecular weight excluding hydrogens is 429 g/mol. The number of methoxy groups -OCH3 is 1. The number of benzene rings is 1. The Hall–Kier alpha value is -3.43. The normalized spacial score (nSPS) is 11.0. The number of hydrogen-bond acceptors (Lipinski definition) is 6. The topological polar surface area (TPSA) is 81.9 Å². The van der Waals surface area contributed by atoms with Crippen LogP contribution >= 0.6 is 11.3 Å². The van der Waals surface area contributed by atoms with Crippen LogP contribution in [-0.4, -0.2) is 32.8 Å². The van der Waals surface area contributed by atoms with Crippen molar-refractivity contribution in [1.29, 1.82) is 0 Å². The summed E-state index contributed by atoms with van der Waals surface area (Å²) in [4.78, 5) is 24.2. The fourth-order valence-corrected chi connectivity index (χ4v) is 4.34. The van der Waals surface area contributed by atoms with E-state index < -0.39 is 0 Å². The molecule has 0 saturated heterocycles. The van der Waals surface area contributed by atoms with Crippen LogP contribution < -0.4 is 5.32 Å². The Bertz CT molecular complexity index is 1270. The standard InChI is InChI=1S/C23H22FN5O2S/c1-14-10-17(15(2)32-14)20-8-9-25-23(28-20)29-21(13-31-3)18(12-27-29)22(30)26-11-16-6-4-5-7-19(16)24/h4-10,12H,11,13H2,1-3H3,(H,26,30).